The maximum absolute atomic E-state index is 14.5. The number of Topliss-reactive ketones (excluding diaryl/α,β-unsaturated/α-hetero) is 1. The number of carbonyl (C=O) groups is 6. The molecule has 1 aliphatic heterocycles. The van der Waals surface area contributed by atoms with Crippen molar-refractivity contribution < 1.29 is 37.2 Å². The van der Waals surface area contributed by atoms with E-state index in [1.165, 1.54) is 23.5 Å². The van der Waals surface area contributed by atoms with Gasteiger partial charge in [-0.1, -0.05) is 32.4 Å². The van der Waals surface area contributed by atoms with Crippen molar-refractivity contribution in [2.24, 2.45) is 11.8 Å². The summed E-state index contributed by atoms with van der Waals surface area (Å²) >= 11 is 0. The van der Waals surface area contributed by atoms with E-state index in [2.05, 4.69) is 42.5 Å². The molecule has 16 nitrogen and oxygen atoms in total. The van der Waals surface area contributed by atoms with Crippen LogP contribution in [0.1, 0.15) is 88.0 Å². The standard InChI is InChI=1S/C35H48N8O8S/c1-3-9-25(30(44)34(48)39-23-14-15-23)40-33(47)29-24-13-8-12-22(24)20-43(29)35(49)27(19-38-52(50,51)4-2)41-32(46)28(21-10-6-5-7-11-21)42-31(45)26-18-36-16-17-37-26/h4,10,16-18,22-25,27-29,38H,2-3,5-9,11-15,19-20H2,1H3,(H,39,48)(H,40,47)(H,41,46)(H,42,45)/t22-,24-,25-,27-,28-,29?/m0/s1. The summed E-state index contributed by atoms with van der Waals surface area (Å²) < 4.78 is 27.2. The van der Waals surface area contributed by atoms with E-state index in [4.69, 9.17) is 0 Å². The summed E-state index contributed by atoms with van der Waals surface area (Å²) in [4.78, 5) is 90.8. The Kier molecular flexibility index (Phi) is 12.9. The van der Waals surface area contributed by atoms with Crippen LogP contribution in [0, 0.1) is 11.8 Å². The highest BCUT2D eigenvalue weighted by Crippen LogP contribution is 2.42. The molecule has 5 amide bonds. The molecule has 1 aromatic rings. The van der Waals surface area contributed by atoms with E-state index in [-0.39, 0.29) is 36.5 Å². The van der Waals surface area contributed by atoms with Crippen molar-refractivity contribution in [3.8, 4) is 0 Å². The molecular formula is C35H48N8O8S. The highest BCUT2D eigenvalue weighted by molar-refractivity contribution is 7.92. The zero-order valence-electron chi connectivity index (χ0n) is 29.3. The lowest BCUT2D eigenvalue weighted by Crippen LogP contribution is -2.61. The molecule has 1 unspecified atom stereocenters. The molecule has 2 heterocycles. The number of fused-ring (bicyclic) bond motifs is 1. The Morgan fingerprint density at radius 2 is 1.79 bits per heavy atom. The Bertz CT molecular complexity index is 1680. The van der Waals surface area contributed by atoms with E-state index in [9.17, 15) is 37.2 Å². The smallest absolute Gasteiger partial charge is 0.289 e. The summed E-state index contributed by atoms with van der Waals surface area (Å²) in [6.45, 7) is 4.73. The topological polar surface area (TPSA) is 226 Å². The number of likely N-dealkylation sites (tertiary alicyclic amines) is 1. The third-order valence-corrected chi connectivity index (χ3v) is 11.1. The number of nitrogens with one attached hydrogen (secondary N) is 5. The summed E-state index contributed by atoms with van der Waals surface area (Å²) in [5.74, 6) is -4.51. The highest BCUT2D eigenvalue weighted by Gasteiger charge is 2.51. The first kappa shape index (κ1) is 38.7. The Morgan fingerprint density at radius 1 is 1.00 bits per heavy atom. The van der Waals surface area contributed by atoms with Crippen molar-refractivity contribution in [1.82, 2.24) is 40.9 Å². The van der Waals surface area contributed by atoms with Crippen molar-refractivity contribution in [3.05, 3.63) is 47.9 Å². The number of nitrogens with zero attached hydrogens (tertiary/aromatic N) is 3. The Morgan fingerprint density at radius 3 is 2.44 bits per heavy atom. The van der Waals surface area contributed by atoms with E-state index >= 15 is 0 Å². The predicted molar refractivity (Wildman–Crippen MR) is 188 cm³/mol. The molecule has 6 atom stereocenters. The van der Waals surface area contributed by atoms with Crippen molar-refractivity contribution >= 4 is 45.3 Å². The van der Waals surface area contributed by atoms with Crippen molar-refractivity contribution in [1.29, 1.82) is 0 Å². The first-order valence-electron chi connectivity index (χ1n) is 18.1. The van der Waals surface area contributed by atoms with Gasteiger partial charge in [-0.25, -0.2) is 18.1 Å². The lowest BCUT2D eigenvalue weighted by Gasteiger charge is -2.32. The monoisotopic (exact) mass is 740 g/mol. The number of sulfonamides is 1. The molecule has 0 aromatic carbocycles. The minimum Gasteiger partial charge on any atom is -0.347 e. The van der Waals surface area contributed by atoms with E-state index < -0.39 is 76.1 Å². The van der Waals surface area contributed by atoms with Crippen LogP contribution in [0.15, 0.2) is 42.2 Å². The Hall–Kier alpha value is -4.51. The van der Waals surface area contributed by atoms with E-state index in [0.717, 1.165) is 38.5 Å². The zero-order valence-corrected chi connectivity index (χ0v) is 30.2. The predicted octanol–water partition coefficient (Wildman–Crippen LogP) is 0.383. The van der Waals surface area contributed by atoms with Gasteiger partial charge in [0.15, 0.2) is 0 Å². The van der Waals surface area contributed by atoms with Gasteiger partial charge in [0.05, 0.1) is 12.2 Å². The van der Waals surface area contributed by atoms with Crippen LogP contribution in [-0.2, 0) is 34.0 Å². The van der Waals surface area contributed by atoms with Gasteiger partial charge in [0.25, 0.3) is 11.8 Å². The SMILES string of the molecule is C=CS(=O)(=O)NC[C@H](NC(=O)[C@@H](NC(=O)c1cnccn1)C1=CCCCC1)C(=O)N1C[C@@H]2CCC[C@@H]2C1C(=O)N[C@@H](CCC)C(=O)C(=O)NC1CC1. The molecule has 1 saturated heterocycles. The van der Waals surface area contributed by atoms with Gasteiger partial charge in [-0.2, -0.15) is 0 Å². The lowest BCUT2D eigenvalue weighted by atomic mass is 9.92. The van der Waals surface area contributed by atoms with Gasteiger partial charge >= 0.3 is 0 Å². The molecule has 0 bridgehead atoms. The van der Waals surface area contributed by atoms with Crippen LogP contribution in [0.25, 0.3) is 0 Å². The van der Waals surface area contributed by atoms with Gasteiger partial charge in [0, 0.05) is 36.9 Å². The minimum atomic E-state index is -4.05. The number of aromatic nitrogens is 2. The maximum Gasteiger partial charge on any atom is 0.289 e. The van der Waals surface area contributed by atoms with Crippen LogP contribution in [0.3, 0.4) is 0 Å². The fourth-order valence-electron chi connectivity index (χ4n) is 7.31. The molecule has 5 N–H and O–H groups in total. The van der Waals surface area contributed by atoms with Crippen molar-refractivity contribution in [3.63, 3.8) is 0 Å². The number of rotatable bonds is 17. The molecule has 52 heavy (non-hydrogen) atoms. The van der Waals surface area contributed by atoms with Gasteiger partial charge in [-0.3, -0.25) is 33.8 Å². The second-order valence-corrected chi connectivity index (χ2v) is 15.6. The van der Waals surface area contributed by atoms with Crippen LogP contribution < -0.4 is 26.0 Å². The maximum atomic E-state index is 14.5. The lowest BCUT2D eigenvalue weighted by molar-refractivity contribution is -0.144. The molecular weight excluding hydrogens is 692 g/mol. The van der Waals surface area contributed by atoms with Crippen LogP contribution in [-0.4, -0.2) is 102 Å². The summed E-state index contributed by atoms with van der Waals surface area (Å²) in [5.41, 5.74) is 0.606. The highest BCUT2D eigenvalue weighted by atomic mass is 32.2. The zero-order chi connectivity index (χ0) is 37.4. The average Bonchev–Trinajstić information content (AvgIpc) is 3.72. The molecule has 0 spiro atoms. The van der Waals surface area contributed by atoms with E-state index in [1.54, 1.807) is 0 Å². The largest absolute Gasteiger partial charge is 0.347 e. The number of hydrogen-bond donors (Lipinski definition) is 5. The quantitative estimate of drug-likeness (QED) is 0.109. The number of carbonyl (C=O) groups excluding carboxylic acids is 6. The van der Waals surface area contributed by atoms with Gasteiger partial charge < -0.3 is 26.2 Å². The fourth-order valence-corrected chi connectivity index (χ4v) is 7.83. The summed E-state index contributed by atoms with van der Waals surface area (Å²) in [7, 11) is -4.05. The molecule has 4 aliphatic rings. The molecule has 5 rings (SSSR count). The van der Waals surface area contributed by atoms with Gasteiger partial charge in [0.2, 0.25) is 33.5 Å². The molecule has 282 valence electrons. The summed E-state index contributed by atoms with van der Waals surface area (Å²) in [5, 5.41) is 11.5. The second kappa shape index (κ2) is 17.3. The van der Waals surface area contributed by atoms with E-state index in [0.29, 0.717) is 36.7 Å². The molecule has 2 saturated carbocycles. The third kappa shape index (κ3) is 9.67. The molecule has 1 aromatic heterocycles. The summed E-state index contributed by atoms with van der Waals surface area (Å²) in [6, 6.07) is -4.86. The minimum absolute atomic E-state index is 0.0228. The van der Waals surface area contributed by atoms with Gasteiger partial charge in [-0.15, -0.1) is 0 Å². The molecule has 0 radical (unpaired) electrons. The van der Waals surface area contributed by atoms with Gasteiger partial charge in [0.1, 0.15) is 23.8 Å². The first-order chi connectivity index (χ1) is 24.9. The summed E-state index contributed by atoms with van der Waals surface area (Å²) in [6.07, 6.45) is 13.3. The van der Waals surface area contributed by atoms with Crippen molar-refractivity contribution in [2.75, 3.05) is 13.1 Å². The van der Waals surface area contributed by atoms with Crippen LogP contribution in [0.2, 0.25) is 0 Å². The van der Waals surface area contributed by atoms with Crippen LogP contribution in [0.4, 0.5) is 0 Å². The fraction of sp³-hybridized carbons (Fsp3) is 0.600. The van der Waals surface area contributed by atoms with Crippen molar-refractivity contribution in [2.45, 2.75) is 108 Å². The number of ketones is 1. The number of hydrogen-bond acceptors (Lipinski definition) is 10. The Labute approximate surface area is 303 Å². The molecule has 3 aliphatic carbocycles. The third-order valence-electron chi connectivity index (χ3n) is 10.1. The van der Waals surface area contributed by atoms with Crippen LogP contribution in [0.5, 0.6) is 0 Å². The first-order valence-corrected chi connectivity index (χ1v) is 19.6. The number of amides is 5. The molecule has 17 heteroatoms. The Balaban J connectivity index is 1.40. The number of allylic oxidation sites excluding steroid dienone is 1. The van der Waals surface area contributed by atoms with Gasteiger partial charge in [-0.05, 0) is 75.2 Å². The average molecular weight is 741 g/mol. The molecule has 3 fully saturated rings. The second-order valence-electron chi connectivity index (χ2n) is 13.9. The normalized spacial score (nSPS) is 22.9. The van der Waals surface area contributed by atoms with E-state index in [1.807, 2.05) is 13.0 Å². The van der Waals surface area contributed by atoms with Crippen LogP contribution >= 0.6 is 0 Å².